The lowest BCUT2D eigenvalue weighted by molar-refractivity contribution is 0.355. The molecule has 8 heteroatoms. The van der Waals surface area contributed by atoms with Crippen molar-refractivity contribution in [3.63, 3.8) is 0 Å². The molecule has 0 saturated heterocycles. The lowest BCUT2D eigenvalue weighted by atomic mass is 10.2. The first-order chi connectivity index (χ1) is 12.0. The standard InChI is InChI=1S/C17H20N6O2/c1-11-8-12(2)22(21-11)17-20-19-13(3)23(17)18-10-14-6-7-15(24-4)16(9-14)25-5/h6-10H,1-5H3/b18-10+. The van der Waals surface area contributed by atoms with Gasteiger partial charge in [0.2, 0.25) is 0 Å². The Labute approximate surface area is 145 Å². The van der Waals surface area contributed by atoms with Crippen LogP contribution in [-0.4, -0.2) is 45.1 Å². The number of aryl methyl sites for hydroxylation is 3. The van der Waals surface area contributed by atoms with Crippen LogP contribution in [0.15, 0.2) is 29.4 Å². The summed E-state index contributed by atoms with van der Waals surface area (Å²) in [5, 5.41) is 17.2. The Bertz CT molecular complexity index is 925. The zero-order valence-electron chi connectivity index (χ0n) is 14.9. The van der Waals surface area contributed by atoms with E-state index >= 15 is 0 Å². The molecule has 0 aliphatic rings. The summed E-state index contributed by atoms with van der Waals surface area (Å²) in [6.45, 7) is 5.74. The van der Waals surface area contributed by atoms with Crippen LogP contribution in [0, 0.1) is 20.8 Å². The van der Waals surface area contributed by atoms with Gasteiger partial charge < -0.3 is 9.47 Å². The first-order valence-electron chi connectivity index (χ1n) is 7.75. The van der Waals surface area contributed by atoms with E-state index in [9.17, 15) is 0 Å². The van der Waals surface area contributed by atoms with Gasteiger partial charge in [0.25, 0.3) is 5.95 Å². The summed E-state index contributed by atoms with van der Waals surface area (Å²) in [4.78, 5) is 0. The van der Waals surface area contributed by atoms with Gasteiger partial charge in [0, 0.05) is 5.69 Å². The third-order valence-electron chi connectivity index (χ3n) is 3.71. The normalized spacial score (nSPS) is 11.2. The van der Waals surface area contributed by atoms with E-state index < -0.39 is 0 Å². The first-order valence-corrected chi connectivity index (χ1v) is 7.75. The van der Waals surface area contributed by atoms with Gasteiger partial charge in [0.05, 0.1) is 26.1 Å². The summed E-state index contributed by atoms with van der Waals surface area (Å²) >= 11 is 0. The number of methoxy groups -OCH3 is 2. The molecule has 0 unspecified atom stereocenters. The molecule has 0 N–H and O–H groups in total. The van der Waals surface area contributed by atoms with Gasteiger partial charge in [-0.15, -0.1) is 10.2 Å². The third-order valence-corrected chi connectivity index (χ3v) is 3.71. The van der Waals surface area contributed by atoms with E-state index in [4.69, 9.17) is 9.47 Å². The van der Waals surface area contributed by atoms with Crippen LogP contribution in [-0.2, 0) is 0 Å². The van der Waals surface area contributed by atoms with Gasteiger partial charge in [-0.1, -0.05) is 0 Å². The highest BCUT2D eigenvalue weighted by Gasteiger charge is 2.13. The highest BCUT2D eigenvalue weighted by molar-refractivity contribution is 5.80. The second-order valence-corrected chi connectivity index (χ2v) is 5.56. The van der Waals surface area contributed by atoms with Crippen LogP contribution in [0.1, 0.15) is 22.8 Å². The van der Waals surface area contributed by atoms with Gasteiger partial charge in [0.1, 0.15) is 0 Å². The summed E-state index contributed by atoms with van der Waals surface area (Å²) in [6.07, 6.45) is 1.72. The minimum absolute atomic E-state index is 0.542. The minimum atomic E-state index is 0.542. The molecule has 0 radical (unpaired) electrons. The molecule has 3 aromatic rings. The molecule has 0 amide bonds. The van der Waals surface area contributed by atoms with Crippen molar-refractivity contribution in [3.8, 4) is 17.4 Å². The molecule has 2 heterocycles. The maximum absolute atomic E-state index is 5.32. The molecule has 130 valence electrons. The van der Waals surface area contributed by atoms with Crippen LogP contribution in [0.4, 0.5) is 0 Å². The molecule has 0 aliphatic carbocycles. The van der Waals surface area contributed by atoms with Crippen LogP contribution in [0.3, 0.4) is 0 Å². The minimum Gasteiger partial charge on any atom is -0.493 e. The molecule has 2 aromatic heterocycles. The van der Waals surface area contributed by atoms with Gasteiger partial charge in [-0.25, -0.2) is 4.68 Å². The monoisotopic (exact) mass is 340 g/mol. The second-order valence-electron chi connectivity index (χ2n) is 5.56. The summed E-state index contributed by atoms with van der Waals surface area (Å²) in [5.74, 6) is 2.52. The molecule has 8 nitrogen and oxygen atoms in total. The number of rotatable bonds is 5. The largest absolute Gasteiger partial charge is 0.493 e. The highest BCUT2D eigenvalue weighted by atomic mass is 16.5. The summed E-state index contributed by atoms with van der Waals surface area (Å²) in [6, 6.07) is 7.56. The zero-order chi connectivity index (χ0) is 18.0. The second kappa shape index (κ2) is 6.76. The summed E-state index contributed by atoms with van der Waals surface area (Å²) in [5.41, 5.74) is 2.74. The molecule has 25 heavy (non-hydrogen) atoms. The Morgan fingerprint density at radius 1 is 1.00 bits per heavy atom. The van der Waals surface area contributed by atoms with E-state index in [0.717, 1.165) is 17.0 Å². The summed E-state index contributed by atoms with van der Waals surface area (Å²) in [7, 11) is 3.20. The van der Waals surface area contributed by atoms with E-state index in [1.165, 1.54) is 0 Å². The molecule has 0 fully saturated rings. The van der Waals surface area contributed by atoms with E-state index in [1.54, 1.807) is 29.8 Å². The fourth-order valence-electron chi connectivity index (χ4n) is 2.50. The van der Waals surface area contributed by atoms with Crippen molar-refractivity contribution in [3.05, 3.63) is 47.0 Å². The van der Waals surface area contributed by atoms with Crippen molar-refractivity contribution >= 4 is 6.21 Å². The molecule has 1 aromatic carbocycles. The molecular formula is C17H20N6O2. The lowest BCUT2D eigenvalue weighted by Gasteiger charge is -2.07. The Morgan fingerprint density at radius 3 is 2.40 bits per heavy atom. The average molecular weight is 340 g/mol. The summed E-state index contributed by atoms with van der Waals surface area (Å²) < 4.78 is 13.9. The Balaban J connectivity index is 1.97. The van der Waals surface area contributed by atoms with Gasteiger partial charge in [-0.2, -0.15) is 14.9 Å². The van der Waals surface area contributed by atoms with Crippen molar-refractivity contribution in [2.45, 2.75) is 20.8 Å². The molecule has 3 rings (SSSR count). The number of aromatic nitrogens is 5. The number of ether oxygens (including phenoxy) is 2. The SMILES string of the molecule is COc1ccc(/C=N/n2c(C)nnc2-n2nc(C)cc2C)cc1OC. The zero-order valence-corrected chi connectivity index (χ0v) is 14.9. The smallest absolute Gasteiger partial charge is 0.273 e. The van der Waals surface area contributed by atoms with Gasteiger partial charge in [-0.05, 0) is 50.6 Å². The van der Waals surface area contributed by atoms with Crippen molar-refractivity contribution in [1.82, 2.24) is 24.7 Å². The van der Waals surface area contributed by atoms with Crippen LogP contribution in [0.2, 0.25) is 0 Å². The Kier molecular flexibility index (Phi) is 4.51. The maximum Gasteiger partial charge on any atom is 0.273 e. The van der Waals surface area contributed by atoms with Crippen molar-refractivity contribution in [1.29, 1.82) is 0 Å². The molecule has 0 aliphatic heterocycles. The molecule has 0 atom stereocenters. The van der Waals surface area contributed by atoms with Crippen molar-refractivity contribution in [2.75, 3.05) is 14.2 Å². The molecular weight excluding hydrogens is 320 g/mol. The number of hydrogen-bond donors (Lipinski definition) is 0. The maximum atomic E-state index is 5.32. The fraction of sp³-hybridized carbons (Fsp3) is 0.294. The lowest BCUT2D eigenvalue weighted by Crippen LogP contribution is -2.08. The van der Waals surface area contributed by atoms with Gasteiger partial charge >= 0.3 is 0 Å². The molecule has 0 bridgehead atoms. The van der Waals surface area contributed by atoms with Crippen molar-refractivity contribution < 1.29 is 9.47 Å². The predicted molar refractivity (Wildman–Crippen MR) is 93.9 cm³/mol. The van der Waals surface area contributed by atoms with Crippen molar-refractivity contribution in [2.24, 2.45) is 5.10 Å². The van der Waals surface area contributed by atoms with Gasteiger partial charge in [-0.3, -0.25) is 0 Å². The van der Waals surface area contributed by atoms with Gasteiger partial charge in [0.15, 0.2) is 17.3 Å². The first kappa shape index (κ1) is 16.7. The molecule has 0 saturated carbocycles. The number of hydrogen-bond acceptors (Lipinski definition) is 6. The fourth-order valence-corrected chi connectivity index (χ4v) is 2.50. The molecule has 0 spiro atoms. The third kappa shape index (κ3) is 3.23. The van der Waals surface area contributed by atoms with E-state index in [2.05, 4.69) is 20.4 Å². The van der Waals surface area contributed by atoms with E-state index in [0.29, 0.717) is 23.3 Å². The van der Waals surface area contributed by atoms with Crippen LogP contribution in [0.25, 0.3) is 5.95 Å². The highest BCUT2D eigenvalue weighted by Crippen LogP contribution is 2.26. The number of benzene rings is 1. The average Bonchev–Trinajstić information content (AvgIpc) is 3.13. The van der Waals surface area contributed by atoms with E-state index in [-0.39, 0.29) is 0 Å². The van der Waals surface area contributed by atoms with Crippen LogP contribution >= 0.6 is 0 Å². The number of nitrogens with zero attached hydrogens (tertiary/aromatic N) is 6. The van der Waals surface area contributed by atoms with E-state index in [1.807, 2.05) is 45.0 Å². The van der Waals surface area contributed by atoms with Crippen LogP contribution in [0.5, 0.6) is 11.5 Å². The Hall–Kier alpha value is -3.16. The Morgan fingerprint density at radius 2 is 1.76 bits per heavy atom. The quantitative estimate of drug-likeness (QED) is 0.666. The topological polar surface area (TPSA) is 79.4 Å². The predicted octanol–water partition coefficient (Wildman–Crippen LogP) is 2.29. The van der Waals surface area contributed by atoms with Crippen LogP contribution < -0.4 is 9.47 Å².